The van der Waals surface area contributed by atoms with Crippen LogP contribution in [-0.2, 0) is 11.3 Å². The summed E-state index contributed by atoms with van der Waals surface area (Å²) in [4.78, 5) is 14.5. The van der Waals surface area contributed by atoms with Gasteiger partial charge >= 0.3 is 0 Å². The molecule has 2 aromatic rings. The summed E-state index contributed by atoms with van der Waals surface area (Å²) >= 11 is 0. The number of hydrogen-bond acceptors (Lipinski definition) is 3. The van der Waals surface area contributed by atoms with Crippen LogP contribution in [0.4, 0.5) is 4.39 Å². The second-order valence-electron chi connectivity index (χ2n) is 6.51. The lowest BCUT2D eigenvalue weighted by molar-refractivity contribution is -0.123. The van der Waals surface area contributed by atoms with Gasteiger partial charge in [-0.25, -0.2) is 4.39 Å². The van der Waals surface area contributed by atoms with E-state index in [9.17, 15) is 9.18 Å². The zero-order chi connectivity index (χ0) is 17.6. The van der Waals surface area contributed by atoms with Crippen LogP contribution in [0.15, 0.2) is 48.5 Å². The maximum atomic E-state index is 13.5. The monoisotopic (exact) mass is 341 g/mol. The highest BCUT2D eigenvalue weighted by atomic mass is 19.1. The molecule has 1 fully saturated rings. The molecular formula is C20H24FN3O. The Labute approximate surface area is 148 Å². The van der Waals surface area contributed by atoms with Crippen molar-refractivity contribution < 1.29 is 9.18 Å². The average molecular weight is 341 g/mol. The topological polar surface area (TPSA) is 44.4 Å². The summed E-state index contributed by atoms with van der Waals surface area (Å²) in [5.74, 6) is -0.254. The van der Waals surface area contributed by atoms with Gasteiger partial charge in [-0.15, -0.1) is 0 Å². The highest BCUT2D eigenvalue weighted by Crippen LogP contribution is 2.22. The van der Waals surface area contributed by atoms with Crippen LogP contribution >= 0.6 is 0 Å². The van der Waals surface area contributed by atoms with Crippen molar-refractivity contribution in [2.45, 2.75) is 19.5 Å². The molecule has 1 aliphatic rings. The Kier molecular flexibility index (Phi) is 5.79. The molecule has 132 valence electrons. The molecule has 1 atom stereocenters. The summed E-state index contributed by atoms with van der Waals surface area (Å²) in [5, 5.41) is 6.30. The molecule has 3 rings (SSSR count). The molecule has 1 amide bonds. The second-order valence-corrected chi connectivity index (χ2v) is 6.51. The maximum Gasteiger partial charge on any atom is 0.234 e. The van der Waals surface area contributed by atoms with Crippen LogP contribution < -0.4 is 10.6 Å². The van der Waals surface area contributed by atoms with E-state index in [1.54, 1.807) is 12.1 Å². The van der Waals surface area contributed by atoms with Gasteiger partial charge in [-0.2, -0.15) is 0 Å². The van der Waals surface area contributed by atoms with Crippen molar-refractivity contribution in [2.24, 2.45) is 0 Å². The SMILES string of the molecule is Cc1ccc(CNC(=O)CN2CCNCC2c2cccc(F)c2)cc1. The van der Waals surface area contributed by atoms with E-state index in [-0.39, 0.29) is 17.8 Å². The van der Waals surface area contributed by atoms with Gasteiger partial charge in [0.1, 0.15) is 5.82 Å². The molecule has 1 aliphatic heterocycles. The summed E-state index contributed by atoms with van der Waals surface area (Å²) in [6, 6.07) is 14.8. The molecule has 0 spiro atoms. The fraction of sp³-hybridized carbons (Fsp3) is 0.350. The predicted octanol–water partition coefficient (Wildman–Crippen LogP) is 2.40. The van der Waals surface area contributed by atoms with Gasteiger partial charge in [0.05, 0.1) is 6.54 Å². The normalized spacial score (nSPS) is 18.1. The lowest BCUT2D eigenvalue weighted by Gasteiger charge is -2.36. The van der Waals surface area contributed by atoms with Crippen molar-refractivity contribution in [3.63, 3.8) is 0 Å². The first-order chi connectivity index (χ1) is 12.1. The Morgan fingerprint density at radius 3 is 2.84 bits per heavy atom. The van der Waals surface area contributed by atoms with Crippen molar-refractivity contribution in [2.75, 3.05) is 26.2 Å². The summed E-state index contributed by atoms with van der Waals surface area (Å²) in [6.07, 6.45) is 0. The Morgan fingerprint density at radius 2 is 2.08 bits per heavy atom. The number of hydrogen-bond donors (Lipinski definition) is 2. The fourth-order valence-corrected chi connectivity index (χ4v) is 3.13. The Balaban J connectivity index is 1.59. The summed E-state index contributed by atoms with van der Waals surface area (Å²) < 4.78 is 13.5. The molecular weight excluding hydrogens is 317 g/mol. The van der Waals surface area contributed by atoms with Crippen LogP contribution in [0.1, 0.15) is 22.7 Å². The first-order valence-corrected chi connectivity index (χ1v) is 8.64. The highest BCUT2D eigenvalue weighted by Gasteiger charge is 2.25. The standard InChI is InChI=1S/C20H24FN3O/c1-15-5-7-16(8-6-15)12-23-20(25)14-24-10-9-22-13-19(24)17-3-2-4-18(21)11-17/h2-8,11,19,22H,9-10,12-14H2,1H3,(H,23,25). The lowest BCUT2D eigenvalue weighted by atomic mass is 10.0. The number of piperazine rings is 1. The second kappa shape index (κ2) is 8.23. The number of carbonyl (C=O) groups excluding carboxylic acids is 1. The van der Waals surface area contributed by atoms with Gasteiger partial charge in [0, 0.05) is 32.2 Å². The highest BCUT2D eigenvalue weighted by molar-refractivity contribution is 5.78. The lowest BCUT2D eigenvalue weighted by Crippen LogP contribution is -2.49. The van der Waals surface area contributed by atoms with Crippen LogP contribution in [0.2, 0.25) is 0 Å². The predicted molar refractivity (Wildman–Crippen MR) is 96.6 cm³/mol. The third-order valence-corrected chi connectivity index (χ3v) is 4.54. The largest absolute Gasteiger partial charge is 0.351 e. The number of amides is 1. The molecule has 0 bridgehead atoms. The van der Waals surface area contributed by atoms with E-state index < -0.39 is 0 Å². The van der Waals surface area contributed by atoms with Gasteiger partial charge in [0.15, 0.2) is 0 Å². The molecule has 1 heterocycles. The minimum Gasteiger partial charge on any atom is -0.351 e. The quantitative estimate of drug-likeness (QED) is 0.878. The van der Waals surface area contributed by atoms with Gasteiger partial charge < -0.3 is 10.6 Å². The van der Waals surface area contributed by atoms with Crippen molar-refractivity contribution >= 4 is 5.91 Å². The van der Waals surface area contributed by atoms with E-state index in [1.165, 1.54) is 11.6 Å². The fourth-order valence-electron chi connectivity index (χ4n) is 3.13. The van der Waals surface area contributed by atoms with Crippen LogP contribution in [0.5, 0.6) is 0 Å². The third kappa shape index (κ3) is 4.87. The first kappa shape index (κ1) is 17.6. The number of nitrogens with one attached hydrogen (secondary N) is 2. The van der Waals surface area contributed by atoms with Gasteiger partial charge in [-0.05, 0) is 30.2 Å². The molecule has 0 aromatic heterocycles. The van der Waals surface area contributed by atoms with Gasteiger partial charge in [-0.3, -0.25) is 9.69 Å². The molecule has 0 saturated carbocycles. The number of benzene rings is 2. The molecule has 2 N–H and O–H groups in total. The molecule has 1 saturated heterocycles. The van der Waals surface area contributed by atoms with Crippen LogP contribution in [-0.4, -0.2) is 37.0 Å². The molecule has 4 nitrogen and oxygen atoms in total. The number of halogens is 1. The Bertz CT molecular complexity index is 717. The van der Waals surface area contributed by atoms with Crippen molar-refractivity contribution in [1.82, 2.24) is 15.5 Å². The Morgan fingerprint density at radius 1 is 1.28 bits per heavy atom. The van der Waals surface area contributed by atoms with Crippen LogP contribution in [0.3, 0.4) is 0 Å². The number of nitrogens with zero attached hydrogens (tertiary/aromatic N) is 1. The maximum absolute atomic E-state index is 13.5. The first-order valence-electron chi connectivity index (χ1n) is 8.64. The number of carbonyl (C=O) groups is 1. The van der Waals surface area contributed by atoms with Gasteiger partial charge in [-0.1, -0.05) is 42.0 Å². The number of rotatable bonds is 5. The van der Waals surface area contributed by atoms with Gasteiger partial charge in [0.2, 0.25) is 5.91 Å². The third-order valence-electron chi connectivity index (χ3n) is 4.54. The van der Waals surface area contributed by atoms with Crippen LogP contribution in [0.25, 0.3) is 0 Å². The molecule has 0 radical (unpaired) electrons. The smallest absolute Gasteiger partial charge is 0.234 e. The minimum atomic E-state index is -0.244. The van der Waals surface area contributed by atoms with Crippen LogP contribution in [0, 0.1) is 12.7 Å². The van der Waals surface area contributed by atoms with Crippen molar-refractivity contribution in [1.29, 1.82) is 0 Å². The zero-order valence-corrected chi connectivity index (χ0v) is 14.5. The van der Waals surface area contributed by atoms with Crippen molar-refractivity contribution in [3.8, 4) is 0 Å². The molecule has 1 unspecified atom stereocenters. The summed E-state index contributed by atoms with van der Waals surface area (Å²) in [6.45, 7) is 5.19. The van der Waals surface area contributed by atoms with E-state index in [0.29, 0.717) is 19.6 Å². The summed E-state index contributed by atoms with van der Waals surface area (Å²) in [7, 11) is 0. The van der Waals surface area contributed by atoms with E-state index >= 15 is 0 Å². The van der Waals surface area contributed by atoms with E-state index in [2.05, 4.69) is 15.5 Å². The molecule has 2 aromatic carbocycles. The molecule has 25 heavy (non-hydrogen) atoms. The van der Waals surface area contributed by atoms with E-state index in [0.717, 1.165) is 24.2 Å². The zero-order valence-electron chi connectivity index (χ0n) is 14.5. The Hall–Kier alpha value is -2.24. The minimum absolute atomic E-state index is 0.00887. The van der Waals surface area contributed by atoms with E-state index in [4.69, 9.17) is 0 Å². The molecule has 5 heteroatoms. The van der Waals surface area contributed by atoms with Crippen molar-refractivity contribution in [3.05, 3.63) is 71.0 Å². The van der Waals surface area contributed by atoms with E-state index in [1.807, 2.05) is 37.3 Å². The average Bonchev–Trinajstić information content (AvgIpc) is 2.62. The molecule has 0 aliphatic carbocycles. The van der Waals surface area contributed by atoms with Gasteiger partial charge in [0.25, 0.3) is 0 Å². The summed E-state index contributed by atoms with van der Waals surface area (Å²) in [5.41, 5.74) is 3.19. The number of aryl methyl sites for hydroxylation is 1.